The summed E-state index contributed by atoms with van der Waals surface area (Å²) in [6.07, 6.45) is 11.0. The van der Waals surface area contributed by atoms with Crippen LogP contribution in [0.2, 0.25) is 0 Å². The van der Waals surface area contributed by atoms with E-state index in [2.05, 4.69) is 45.9 Å². The Morgan fingerprint density at radius 1 is 1.07 bits per heavy atom. The fourth-order valence-corrected chi connectivity index (χ4v) is 5.72. The predicted octanol–water partition coefficient (Wildman–Crippen LogP) is 3.14. The smallest absolute Gasteiger partial charge is 0.237 e. The van der Waals surface area contributed by atoms with Gasteiger partial charge in [-0.05, 0) is 31.2 Å². The van der Waals surface area contributed by atoms with E-state index in [9.17, 15) is 9.59 Å². The molecule has 1 atom stereocenters. The van der Waals surface area contributed by atoms with E-state index in [0.29, 0.717) is 19.1 Å². The van der Waals surface area contributed by atoms with Crippen LogP contribution in [0.1, 0.15) is 69.8 Å². The Hall–Kier alpha value is -1.88. The predicted molar refractivity (Wildman–Crippen MR) is 115 cm³/mol. The number of amides is 2. The minimum atomic E-state index is -0.314. The SMILES string of the molecule is O=C(CC1C(=O)NCCN1C1CCCC1)NCC1(c2ccccc2)CCCCC1. The molecule has 0 bridgehead atoms. The van der Waals surface area contributed by atoms with Crippen LogP contribution in [0.25, 0.3) is 0 Å². The summed E-state index contributed by atoms with van der Waals surface area (Å²) in [5.74, 6) is 0.0321. The summed E-state index contributed by atoms with van der Waals surface area (Å²) < 4.78 is 0. The van der Waals surface area contributed by atoms with Crippen molar-refractivity contribution in [1.82, 2.24) is 15.5 Å². The van der Waals surface area contributed by atoms with Gasteiger partial charge in [-0.3, -0.25) is 14.5 Å². The van der Waals surface area contributed by atoms with Gasteiger partial charge in [-0.1, -0.05) is 62.4 Å². The number of piperazine rings is 1. The van der Waals surface area contributed by atoms with Crippen molar-refractivity contribution in [3.05, 3.63) is 35.9 Å². The van der Waals surface area contributed by atoms with Crippen LogP contribution in [0.15, 0.2) is 30.3 Å². The van der Waals surface area contributed by atoms with E-state index >= 15 is 0 Å². The quantitative estimate of drug-likeness (QED) is 0.775. The van der Waals surface area contributed by atoms with Crippen molar-refractivity contribution in [1.29, 1.82) is 0 Å². The summed E-state index contributed by atoms with van der Waals surface area (Å²) in [6.45, 7) is 2.24. The largest absolute Gasteiger partial charge is 0.355 e. The molecule has 2 amide bonds. The zero-order valence-electron chi connectivity index (χ0n) is 17.5. The number of hydrogen-bond donors (Lipinski definition) is 2. The lowest BCUT2D eigenvalue weighted by atomic mass is 9.69. The fourth-order valence-electron chi connectivity index (χ4n) is 5.72. The second-order valence-electron chi connectivity index (χ2n) is 9.17. The maximum absolute atomic E-state index is 12.9. The Morgan fingerprint density at radius 3 is 2.52 bits per heavy atom. The molecule has 158 valence electrons. The highest BCUT2D eigenvalue weighted by Crippen LogP contribution is 2.39. The molecular weight excluding hydrogens is 362 g/mol. The number of nitrogens with zero attached hydrogens (tertiary/aromatic N) is 1. The number of carbonyl (C=O) groups excluding carboxylic acids is 2. The van der Waals surface area contributed by atoms with Crippen molar-refractivity contribution < 1.29 is 9.59 Å². The molecule has 1 aliphatic heterocycles. The molecule has 29 heavy (non-hydrogen) atoms. The van der Waals surface area contributed by atoms with Crippen LogP contribution in [0.3, 0.4) is 0 Å². The molecule has 2 N–H and O–H groups in total. The van der Waals surface area contributed by atoms with Gasteiger partial charge >= 0.3 is 0 Å². The molecule has 1 heterocycles. The Balaban J connectivity index is 1.40. The van der Waals surface area contributed by atoms with Crippen LogP contribution >= 0.6 is 0 Å². The summed E-state index contributed by atoms with van der Waals surface area (Å²) in [4.78, 5) is 27.8. The van der Waals surface area contributed by atoms with Crippen LogP contribution in [0, 0.1) is 0 Å². The number of benzene rings is 1. The zero-order chi connectivity index (χ0) is 20.1. The maximum Gasteiger partial charge on any atom is 0.237 e. The van der Waals surface area contributed by atoms with Crippen molar-refractivity contribution in [2.24, 2.45) is 0 Å². The van der Waals surface area contributed by atoms with E-state index < -0.39 is 0 Å². The molecule has 1 aromatic carbocycles. The van der Waals surface area contributed by atoms with Crippen LogP contribution in [-0.2, 0) is 15.0 Å². The van der Waals surface area contributed by atoms with Crippen LogP contribution in [0.4, 0.5) is 0 Å². The zero-order valence-corrected chi connectivity index (χ0v) is 17.5. The van der Waals surface area contributed by atoms with Crippen LogP contribution < -0.4 is 10.6 Å². The van der Waals surface area contributed by atoms with E-state index in [0.717, 1.165) is 32.2 Å². The Kier molecular flexibility index (Phi) is 6.53. The number of rotatable bonds is 6. The van der Waals surface area contributed by atoms with Gasteiger partial charge in [0.15, 0.2) is 0 Å². The lowest BCUT2D eigenvalue weighted by molar-refractivity contribution is -0.135. The van der Waals surface area contributed by atoms with Gasteiger partial charge in [0.2, 0.25) is 11.8 Å². The first-order valence-corrected chi connectivity index (χ1v) is 11.5. The Bertz CT molecular complexity index is 693. The molecule has 2 aliphatic carbocycles. The Labute approximate surface area is 174 Å². The second kappa shape index (κ2) is 9.29. The van der Waals surface area contributed by atoms with Gasteiger partial charge in [-0.2, -0.15) is 0 Å². The molecule has 5 nitrogen and oxygen atoms in total. The van der Waals surface area contributed by atoms with Crippen molar-refractivity contribution in [2.75, 3.05) is 19.6 Å². The minimum Gasteiger partial charge on any atom is -0.355 e. The van der Waals surface area contributed by atoms with Gasteiger partial charge in [0, 0.05) is 31.1 Å². The molecule has 0 aromatic heterocycles. The lowest BCUT2D eigenvalue weighted by Crippen LogP contribution is -2.59. The average molecular weight is 398 g/mol. The second-order valence-corrected chi connectivity index (χ2v) is 9.17. The first-order chi connectivity index (χ1) is 14.2. The fraction of sp³-hybridized carbons (Fsp3) is 0.667. The average Bonchev–Trinajstić information content (AvgIpc) is 3.30. The van der Waals surface area contributed by atoms with Gasteiger partial charge < -0.3 is 10.6 Å². The van der Waals surface area contributed by atoms with Crippen LogP contribution in [-0.4, -0.2) is 48.4 Å². The standard InChI is InChI=1S/C24H35N3O2/c28-22(17-21-23(29)25-15-16-27(21)20-11-5-6-12-20)26-18-24(13-7-2-8-14-24)19-9-3-1-4-10-19/h1,3-4,9-10,20-21H,2,5-8,11-18H2,(H,25,29)(H,26,28). The third-order valence-corrected chi connectivity index (χ3v) is 7.37. The third-order valence-electron chi connectivity index (χ3n) is 7.37. The van der Waals surface area contributed by atoms with Gasteiger partial charge in [0.25, 0.3) is 0 Å². The molecule has 0 spiro atoms. The van der Waals surface area contributed by atoms with Gasteiger partial charge in [-0.15, -0.1) is 0 Å². The third kappa shape index (κ3) is 4.66. The Morgan fingerprint density at radius 2 is 1.79 bits per heavy atom. The van der Waals surface area contributed by atoms with Crippen molar-refractivity contribution in [3.8, 4) is 0 Å². The van der Waals surface area contributed by atoms with E-state index in [4.69, 9.17) is 0 Å². The van der Waals surface area contributed by atoms with Crippen molar-refractivity contribution >= 4 is 11.8 Å². The molecule has 5 heteroatoms. The summed E-state index contributed by atoms with van der Waals surface area (Å²) in [7, 11) is 0. The first kappa shape index (κ1) is 20.4. The molecule has 3 aliphatic rings. The molecule has 0 radical (unpaired) electrons. The lowest BCUT2D eigenvalue weighted by Gasteiger charge is -2.40. The molecule has 1 aromatic rings. The van der Waals surface area contributed by atoms with E-state index in [-0.39, 0.29) is 29.7 Å². The van der Waals surface area contributed by atoms with Gasteiger partial charge in [0.05, 0.1) is 12.5 Å². The van der Waals surface area contributed by atoms with E-state index in [1.807, 2.05) is 0 Å². The molecule has 4 rings (SSSR count). The van der Waals surface area contributed by atoms with Crippen molar-refractivity contribution in [2.45, 2.75) is 81.7 Å². The monoisotopic (exact) mass is 397 g/mol. The summed E-state index contributed by atoms with van der Waals surface area (Å²) in [5.41, 5.74) is 1.37. The number of hydrogen-bond acceptors (Lipinski definition) is 3. The van der Waals surface area contributed by atoms with Gasteiger partial charge in [-0.25, -0.2) is 0 Å². The minimum absolute atomic E-state index is 0.0101. The van der Waals surface area contributed by atoms with Crippen LogP contribution in [0.5, 0.6) is 0 Å². The highest BCUT2D eigenvalue weighted by molar-refractivity contribution is 5.88. The van der Waals surface area contributed by atoms with Gasteiger partial charge in [0.1, 0.15) is 0 Å². The van der Waals surface area contributed by atoms with E-state index in [1.54, 1.807) is 0 Å². The molecule has 1 unspecified atom stereocenters. The number of nitrogens with one attached hydrogen (secondary N) is 2. The molecule has 2 saturated carbocycles. The molecule has 3 fully saturated rings. The summed E-state index contributed by atoms with van der Waals surface area (Å²) >= 11 is 0. The first-order valence-electron chi connectivity index (χ1n) is 11.5. The van der Waals surface area contributed by atoms with E-state index in [1.165, 1.54) is 37.7 Å². The maximum atomic E-state index is 12.9. The summed E-state index contributed by atoms with van der Waals surface area (Å²) in [5, 5.41) is 6.19. The number of carbonyl (C=O) groups is 2. The highest BCUT2D eigenvalue weighted by Gasteiger charge is 2.38. The van der Waals surface area contributed by atoms with Crippen molar-refractivity contribution in [3.63, 3.8) is 0 Å². The molecule has 1 saturated heterocycles. The normalized spacial score (nSPS) is 25.5. The highest BCUT2D eigenvalue weighted by atomic mass is 16.2. The molecular formula is C24H35N3O2. The topological polar surface area (TPSA) is 61.4 Å². The summed E-state index contributed by atoms with van der Waals surface area (Å²) in [6, 6.07) is 10.8.